The molecule has 1 aromatic heterocycles. The number of carboxylic acids is 1. The molecule has 0 saturated heterocycles. The molecule has 4 nitrogen and oxygen atoms in total. The van der Waals surface area contributed by atoms with Gasteiger partial charge in [0.25, 0.3) is 0 Å². The molecule has 0 unspecified atom stereocenters. The number of aromatic nitrogens is 2. The van der Waals surface area contributed by atoms with Gasteiger partial charge in [0.2, 0.25) is 5.82 Å². The number of hydrogen-bond donors (Lipinski definition) is 1. The molecule has 1 heterocycles. The maximum Gasteiger partial charge on any atom is 0.372 e. The Balaban J connectivity index is 2.78. The number of rotatable bonds is 2. The smallest absolute Gasteiger partial charge is 0.372 e. The van der Waals surface area contributed by atoms with Crippen LogP contribution in [0.3, 0.4) is 0 Å². The minimum atomic E-state index is -0.983. The second-order valence-electron chi connectivity index (χ2n) is 2.97. The van der Waals surface area contributed by atoms with E-state index in [2.05, 4.69) is 4.98 Å². The van der Waals surface area contributed by atoms with Crippen LogP contribution in [0.15, 0.2) is 24.3 Å². The number of fused-ring (bicyclic) bond motifs is 1. The lowest BCUT2D eigenvalue weighted by Crippen LogP contribution is -2.08. The Hall–Kier alpha value is -1.84. The number of nitrogens with zero attached hydrogens (tertiary/aromatic N) is 2. The first-order valence-corrected chi connectivity index (χ1v) is 4.42. The standard InChI is InChI=1S/C10H10N2O2/c1-2-12-8-6-4-3-5-7(8)11-9(12)10(13)14/h3-6H,2H2,1H3,(H,13,14). The van der Waals surface area contributed by atoms with Crippen LogP contribution in [0, 0.1) is 0 Å². The second-order valence-corrected chi connectivity index (χ2v) is 2.97. The van der Waals surface area contributed by atoms with Crippen molar-refractivity contribution in [3.8, 4) is 0 Å². The quantitative estimate of drug-likeness (QED) is 0.784. The molecule has 0 fully saturated rings. The molecule has 0 aliphatic heterocycles. The van der Waals surface area contributed by atoms with Crippen LogP contribution in [0.25, 0.3) is 11.0 Å². The molecular formula is C10H10N2O2. The molecule has 2 rings (SSSR count). The number of carbonyl (C=O) groups is 1. The van der Waals surface area contributed by atoms with Crippen LogP contribution >= 0.6 is 0 Å². The van der Waals surface area contributed by atoms with Crippen LogP contribution in [-0.4, -0.2) is 20.6 Å². The first kappa shape index (κ1) is 8.74. The Morgan fingerprint density at radius 1 is 1.50 bits per heavy atom. The molecule has 1 N–H and O–H groups in total. The number of benzene rings is 1. The lowest BCUT2D eigenvalue weighted by atomic mass is 10.3. The zero-order valence-corrected chi connectivity index (χ0v) is 7.77. The van der Waals surface area contributed by atoms with Crippen LogP contribution < -0.4 is 0 Å². The van der Waals surface area contributed by atoms with E-state index in [9.17, 15) is 4.79 Å². The maximum absolute atomic E-state index is 10.9. The summed E-state index contributed by atoms with van der Waals surface area (Å²) in [7, 11) is 0. The summed E-state index contributed by atoms with van der Waals surface area (Å²) >= 11 is 0. The van der Waals surface area contributed by atoms with Crippen LogP contribution in [0.4, 0.5) is 0 Å². The average Bonchev–Trinajstić information content (AvgIpc) is 2.56. The van der Waals surface area contributed by atoms with Gasteiger partial charge in [-0.25, -0.2) is 9.78 Å². The average molecular weight is 190 g/mol. The summed E-state index contributed by atoms with van der Waals surface area (Å²) in [6, 6.07) is 7.41. The fourth-order valence-electron chi connectivity index (χ4n) is 1.56. The molecule has 0 aliphatic carbocycles. The molecule has 72 valence electrons. The van der Waals surface area contributed by atoms with E-state index in [1.54, 1.807) is 4.57 Å². The first-order valence-electron chi connectivity index (χ1n) is 4.42. The minimum absolute atomic E-state index is 0.105. The lowest BCUT2D eigenvalue weighted by Gasteiger charge is -2.00. The van der Waals surface area contributed by atoms with Gasteiger partial charge in [-0.2, -0.15) is 0 Å². The molecule has 2 aromatic rings. The highest BCUT2D eigenvalue weighted by Gasteiger charge is 2.14. The molecule has 0 saturated carbocycles. The molecular weight excluding hydrogens is 180 g/mol. The minimum Gasteiger partial charge on any atom is -0.475 e. The van der Waals surface area contributed by atoms with Crippen molar-refractivity contribution in [3.63, 3.8) is 0 Å². The largest absolute Gasteiger partial charge is 0.475 e. The predicted molar refractivity (Wildman–Crippen MR) is 52.4 cm³/mol. The summed E-state index contributed by atoms with van der Waals surface area (Å²) in [6.45, 7) is 2.52. The number of hydrogen-bond acceptors (Lipinski definition) is 2. The predicted octanol–water partition coefficient (Wildman–Crippen LogP) is 1.75. The fraction of sp³-hybridized carbons (Fsp3) is 0.200. The highest BCUT2D eigenvalue weighted by Crippen LogP contribution is 2.15. The number of imidazole rings is 1. The highest BCUT2D eigenvalue weighted by atomic mass is 16.4. The van der Waals surface area contributed by atoms with Crippen molar-refractivity contribution in [1.29, 1.82) is 0 Å². The van der Waals surface area contributed by atoms with Gasteiger partial charge >= 0.3 is 5.97 Å². The highest BCUT2D eigenvalue weighted by molar-refractivity contribution is 5.89. The van der Waals surface area contributed by atoms with Crippen molar-refractivity contribution in [2.45, 2.75) is 13.5 Å². The van der Waals surface area contributed by atoms with Crippen molar-refractivity contribution in [3.05, 3.63) is 30.1 Å². The normalized spacial score (nSPS) is 10.6. The van der Waals surface area contributed by atoms with Crippen LogP contribution in [0.5, 0.6) is 0 Å². The van der Waals surface area contributed by atoms with Crippen molar-refractivity contribution in [2.75, 3.05) is 0 Å². The molecule has 0 bridgehead atoms. The van der Waals surface area contributed by atoms with Gasteiger partial charge in [-0.3, -0.25) is 0 Å². The van der Waals surface area contributed by atoms with Crippen molar-refractivity contribution in [2.24, 2.45) is 0 Å². The van der Waals surface area contributed by atoms with Crippen LogP contribution in [0.1, 0.15) is 17.5 Å². The molecule has 0 amide bonds. The van der Waals surface area contributed by atoms with E-state index in [1.165, 1.54) is 0 Å². The number of carboxylic acid groups (broad SMARTS) is 1. The van der Waals surface area contributed by atoms with E-state index < -0.39 is 5.97 Å². The fourth-order valence-corrected chi connectivity index (χ4v) is 1.56. The van der Waals surface area contributed by atoms with Gasteiger partial charge in [0.15, 0.2) is 0 Å². The van der Waals surface area contributed by atoms with Gasteiger partial charge in [0.05, 0.1) is 11.0 Å². The molecule has 4 heteroatoms. The molecule has 0 atom stereocenters. The number of aromatic carboxylic acids is 1. The van der Waals surface area contributed by atoms with E-state index in [1.807, 2.05) is 31.2 Å². The Bertz CT molecular complexity index is 488. The van der Waals surface area contributed by atoms with Gasteiger partial charge in [-0.1, -0.05) is 12.1 Å². The molecule has 0 radical (unpaired) electrons. The summed E-state index contributed by atoms with van der Waals surface area (Å²) in [5, 5.41) is 8.91. The second kappa shape index (κ2) is 3.14. The summed E-state index contributed by atoms with van der Waals surface area (Å²) in [6.07, 6.45) is 0. The van der Waals surface area contributed by atoms with Crippen molar-refractivity contribution in [1.82, 2.24) is 9.55 Å². The zero-order chi connectivity index (χ0) is 10.1. The number of para-hydroxylation sites is 2. The summed E-state index contributed by atoms with van der Waals surface area (Å²) in [4.78, 5) is 14.9. The molecule has 0 aliphatic rings. The van der Waals surface area contributed by atoms with E-state index in [0.29, 0.717) is 6.54 Å². The van der Waals surface area contributed by atoms with Gasteiger partial charge in [-0.15, -0.1) is 0 Å². The van der Waals surface area contributed by atoms with Crippen molar-refractivity contribution >= 4 is 17.0 Å². The van der Waals surface area contributed by atoms with Gasteiger partial charge in [-0.05, 0) is 19.1 Å². The number of aryl methyl sites for hydroxylation is 1. The first-order chi connectivity index (χ1) is 6.74. The van der Waals surface area contributed by atoms with Gasteiger partial charge in [0.1, 0.15) is 0 Å². The SMILES string of the molecule is CCn1c(C(=O)O)nc2ccccc21. The summed E-state index contributed by atoms with van der Waals surface area (Å²) < 4.78 is 1.69. The molecule has 0 spiro atoms. The maximum atomic E-state index is 10.9. The lowest BCUT2D eigenvalue weighted by molar-refractivity contribution is 0.0679. The van der Waals surface area contributed by atoms with E-state index in [-0.39, 0.29) is 5.82 Å². The Kier molecular flexibility index (Phi) is 1.96. The van der Waals surface area contributed by atoms with E-state index in [4.69, 9.17) is 5.11 Å². The van der Waals surface area contributed by atoms with Crippen molar-refractivity contribution < 1.29 is 9.90 Å². The van der Waals surface area contributed by atoms with Crippen LogP contribution in [0.2, 0.25) is 0 Å². The summed E-state index contributed by atoms with van der Waals surface area (Å²) in [5.74, 6) is -0.878. The molecule has 14 heavy (non-hydrogen) atoms. The Labute approximate surface area is 80.8 Å². The monoisotopic (exact) mass is 190 g/mol. The third-order valence-electron chi connectivity index (χ3n) is 2.16. The van der Waals surface area contributed by atoms with Gasteiger partial charge < -0.3 is 9.67 Å². The Morgan fingerprint density at radius 3 is 2.86 bits per heavy atom. The zero-order valence-electron chi connectivity index (χ0n) is 7.77. The Morgan fingerprint density at radius 2 is 2.21 bits per heavy atom. The van der Waals surface area contributed by atoms with E-state index >= 15 is 0 Å². The summed E-state index contributed by atoms with van der Waals surface area (Å²) in [5.41, 5.74) is 1.60. The van der Waals surface area contributed by atoms with Gasteiger partial charge in [0, 0.05) is 6.54 Å². The third-order valence-corrected chi connectivity index (χ3v) is 2.16. The molecule has 1 aromatic carbocycles. The van der Waals surface area contributed by atoms with Crippen LogP contribution in [-0.2, 0) is 6.54 Å². The third kappa shape index (κ3) is 1.16. The van der Waals surface area contributed by atoms with E-state index in [0.717, 1.165) is 11.0 Å². The topological polar surface area (TPSA) is 55.1 Å².